The Morgan fingerprint density at radius 1 is 1.06 bits per heavy atom. The van der Waals surface area contributed by atoms with Gasteiger partial charge in [0.15, 0.2) is 0 Å². The summed E-state index contributed by atoms with van der Waals surface area (Å²) in [7, 11) is 0. The maximum absolute atomic E-state index is 5.97. The van der Waals surface area contributed by atoms with Gasteiger partial charge < -0.3 is 4.74 Å². The fraction of sp³-hybridized carbons (Fsp3) is 0.0833. The molecule has 2 rings (SSSR count). The van der Waals surface area contributed by atoms with E-state index in [0.717, 1.165) is 5.56 Å². The van der Waals surface area contributed by atoms with Crippen LogP contribution in [0.3, 0.4) is 0 Å². The van der Waals surface area contributed by atoms with E-state index >= 15 is 0 Å². The Bertz CT molecular complexity index is 474. The van der Waals surface area contributed by atoms with Crippen LogP contribution >= 0.6 is 23.2 Å². The van der Waals surface area contributed by atoms with Crippen molar-refractivity contribution in [1.29, 1.82) is 0 Å². The number of hydrogen-bond acceptors (Lipinski definition) is 2. The largest absolute Gasteiger partial charge is 0.487 e. The number of pyridine rings is 1. The lowest BCUT2D eigenvalue weighted by Gasteiger charge is -2.08. The zero-order valence-electron chi connectivity index (χ0n) is 8.36. The highest BCUT2D eigenvalue weighted by Gasteiger charge is 2.02. The summed E-state index contributed by atoms with van der Waals surface area (Å²) in [5, 5.41) is 1.16. The number of nitrogens with zero attached hydrogens (tertiary/aromatic N) is 1. The summed E-state index contributed by atoms with van der Waals surface area (Å²) in [6.45, 7) is 0.447. The van der Waals surface area contributed by atoms with E-state index in [4.69, 9.17) is 27.9 Å². The van der Waals surface area contributed by atoms with Crippen molar-refractivity contribution in [2.24, 2.45) is 0 Å². The summed E-state index contributed by atoms with van der Waals surface area (Å²) in [5.41, 5.74) is 1.03. The van der Waals surface area contributed by atoms with E-state index in [1.54, 1.807) is 30.6 Å². The van der Waals surface area contributed by atoms with Crippen molar-refractivity contribution in [3.8, 4) is 5.75 Å². The first-order valence-corrected chi connectivity index (χ1v) is 5.48. The van der Waals surface area contributed by atoms with Crippen LogP contribution in [0.1, 0.15) is 5.56 Å². The topological polar surface area (TPSA) is 22.1 Å². The molecular weight excluding hydrogens is 245 g/mol. The monoisotopic (exact) mass is 253 g/mol. The van der Waals surface area contributed by atoms with Crippen LogP contribution in [0.15, 0.2) is 42.7 Å². The molecule has 0 N–H and O–H groups in total. The maximum Gasteiger partial charge on any atom is 0.139 e. The molecule has 0 fully saturated rings. The average Bonchev–Trinajstić information content (AvgIpc) is 2.32. The van der Waals surface area contributed by atoms with Gasteiger partial charge >= 0.3 is 0 Å². The lowest BCUT2D eigenvalue weighted by atomic mass is 10.3. The van der Waals surface area contributed by atoms with E-state index in [1.165, 1.54) is 0 Å². The number of hydrogen-bond donors (Lipinski definition) is 0. The number of ether oxygens (including phenoxy) is 1. The van der Waals surface area contributed by atoms with Crippen molar-refractivity contribution < 1.29 is 4.74 Å². The lowest BCUT2D eigenvalue weighted by Crippen LogP contribution is -1.95. The second kappa shape index (κ2) is 5.19. The smallest absolute Gasteiger partial charge is 0.139 e. The maximum atomic E-state index is 5.97. The average molecular weight is 254 g/mol. The predicted octanol–water partition coefficient (Wildman–Crippen LogP) is 3.97. The number of benzene rings is 1. The van der Waals surface area contributed by atoms with Crippen molar-refractivity contribution in [3.63, 3.8) is 0 Å². The molecule has 2 aromatic rings. The van der Waals surface area contributed by atoms with Crippen LogP contribution in [0, 0.1) is 0 Å². The summed E-state index contributed by atoms with van der Waals surface area (Å²) >= 11 is 11.8. The Kier molecular flexibility index (Phi) is 3.65. The van der Waals surface area contributed by atoms with Crippen LogP contribution in [0.5, 0.6) is 5.75 Å². The Hall–Kier alpha value is -1.25. The van der Waals surface area contributed by atoms with E-state index < -0.39 is 0 Å². The first kappa shape index (κ1) is 11.2. The molecule has 0 unspecified atom stereocenters. The van der Waals surface area contributed by atoms with E-state index in [9.17, 15) is 0 Å². The summed E-state index contributed by atoms with van der Waals surface area (Å²) < 4.78 is 5.56. The molecule has 0 saturated heterocycles. The van der Waals surface area contributed by atoms with Gasteiger partial charge in [0.2, 0.25) is 0 Å². The van der Waals surface area contributed by atoms with Crippen molar-refractivity contribution in [3.05, 3.63) is 58.3 Å². The van der Waals surface area contributed by atoms with E-state index in [2.05, 4.69) is 4.98 Å². The molecule has 0 atom stereocenters. The third-order valence-corrected chi connectivity index (χ3v) is 2.58. The van der Waals surface area contributed by atoms with Crippen molar-refractivity contribution >= 4 is 23.2 Å². The quantitative estimate of drug-likeness (QED) is 0.826. The van der Waals surface area contributed by atoms with Gasteiger partial charge in [-0.1, -0.05) is 23.2 Å². The van der Waals surface area contributed by atoms with Gasteiger partial charge in [0.1, 0.15) is 12.4 Å². The molecule has 0 aliphatic heterocycles. The summed E-state index contributed by atoms with van der Waals surface area (Å²) in [6, 6.07) is 8.91. The molecular formula is C12H9Cl2NO. The summed E-state index contributed by atoms with van der Waals surface area (Å²) in [5.74, 6) is 0.589. The molecule has 1 heterocycles. The van der Waals surface area contributed by atoms with Crippen molar-refractivity contribution in [2.45, 2.75) is 6.61 Å². The van der Waals surface area contributed by atoms with Crippen LogP contribution in [0.25, 0.3) is 0 Å². The van der Waals surface area contributed by atoms with Gasteiger partial charge in [0.05, 0.1) is 5.02 Å². The molecule has 0 saturated carbocycles. The highest BCUT2D eigenvalue weighted by molar-refractivity contribution is 6.34. The van der Waals surface area contributed by atoms with E-state index in [0.29, 0.717) is 22.4 Å². The molecule has 0 bridgehead atoms. The molecule has 0 aliphatic rings. The zero-order chi connectivity index (χ0) is 11.4. The van der Waals surface area contributed by atoms with Crippen LogP contribution in [-0.2, 0) is 6.61 Å². The molecule has 82 valence electrons. The minimum atomic E-state index is 0.447. The van der Waals surface area contributed by atoms with E-state index in [1.807, 2.05) is 12.1 Å². The zero-order valence-corrected chi connectivity index (χ0v) is 9.87. The van der Waals surface area contributed by atoms with Crippen molar-refractivity contribution in [2.75, 3.05) is 0 Å². The van der Waals surface area contributed by atoms with Crippen molar-refractivity contribution in [1.82, 2.24) is 4.98 Å². The van der Waals surface area contributed by atoms with Gasteiger partial charge in [0.25, 0.3) is 0 Å². The second-order valence-electron chi connectivity index (χ2n) is 3.22. The van der Waals surface area contributed by atoms with Gasteiger partial charge in [-0.15, -0.1) is 0 Å². The minimum absolute atomic E-state index is 0.447. The molecule has 0 spiro atoms. The van der Waals surface area contributed by atoms with Crippen LogP contribution in [-0.4, -0.2) is 4.98 Å². The minimum Gasteiger partial charge on any atom is -0.487 e. The summed E-state index contributed by atoms with van der Waals surface area (Å²) in [4.78, 5) is 3.93. The van der Waals surface area contributed by atoms with Crippen LogP contribution < -0.4 is 4.74 Å². The molecule has 0 aliphatic carbocycles. The predicted molar refractivity (Wildman–Crippen MR) is 65.0 cm³/mol. The number of aromatic nitrogens is 1. The third-order valence-electron chi connectivity index (χ3n) is 2.04. The summed E-state index contributed by atoms with van der Waals surface area (Å²) in [6.07, 6.45) is 3.44. The number of rotatable bonds is 3. The Morgan fingerprint density at radius 2 is 1.81 bits per heavy atom. The first-order valence-electron chi connectivity index (χ1n) is 4.72. The van der Waals surface area contributed by atoms with Crippen LogP contribution in [0.2, 0.25) is 10.0 Å². The number of halogens is 2. The molecule has 0 radical (unpaired) electrons. The van der Waals surface area contributed by atoms with Gasteiger partial charge in [0, 0.05) is 23.5 Å². The molecule has 2 nitrogen and oxygen atoms in total. The Labute approximate surface area is 104 Å². The molecule has 1 aromatic carbocycles. The van der Waals surface area contributed by atoms with Crippen LogP contribution in [0.4, 0.5) is 0 Å². The SMILES string of the molecule is Clc1ccc(Cl)c(OCc2ccncc2)c1. The van der Waals surface area contributed by atoms with Gasteiger partial charge in [-0.2, -0.15) is 0 Å². The molecule has 1 aromatic heterocycles. The molecule has 4 heteroatoms. The van der Waals surface area contributed by atoms with E-state index in [-0.39, 0.29) is 0 Å². The first-order chi connectivity index (χ1) is 7.75. The highest BCUT2D eigenvalue weighted by atomic mass is 35.5. The van der Waals surface area contributed by atoms with Gasteiger partial charge in [-0.25, -0.2) is 0 Å². The molecule has 0 amide bonds. The standard InChI is InChI=1S/C12H9Cl2NO/c13-10-1-2-11(14)12(7-10)16-8-9-3-5-15-6-4-9/h1-7H,8H2. The molecule has 16 heavy (non-hydrogen) atoms. The fourth-order valence-corrected chi connectivity index (χ4v) is 1.56. The van der Waals surface area contributed by atoms with Gasteiger partial charge in [-0.3, -0.25) is 4.98 Å². The van der Waals surface area contributed by atoms with Gasteiger partial charge in [-0.05, 0) is 29.8 Å². The normalized spacial score (nSPS) is 10.1. The fourth-order valence-electron chi connectivity index (χ4n) is 1.23. The third kappa shape index (κ3) is 2.87. The lowest BCUT2D eigenvalue weighted by molar-refractivity contribution is 0.306. The Morgan fingerprint density at radius 3 is 2.56 bits per heavy atom. The highest BCUT2D eigenvalue weighted by Crippen LogP contribution is 2.28. The second-order valence-corrected chi connectivity index (χ2v) is 4.06. The Balaban J connectivity index is 2.08.